The fraction of sp³-hybridized carbons (Fsp3) is 0.500. The molecule has 0 aliphatic rings. The van der Waals surface area contributed by atoms with Crippen molar-refractivity contribution >= 4 is 5.97 Å². The molecule has 0 saturated heterocycles. The van der Waals surface area contributed by atoms with E-state index in [0.717, 1.165) is 0 Å². The molecule has 1 rings (SSSR count). The zero-order valence-electron chi connectivity index (χ0n) is 12.2. The highest BCUT2D eigenvalue weighted by atomic mass is 19.1. The molecule has 0 bridgehead atoms. The third kappa shape index (κ3) is 2.70. The monoisotopic (exact) mass is 286 g/mol. The summed E-state index contributed by atoms with van der Waals surface area (Å²) in [6, 6.07) is 0. The van der Waals surface area contributed by atoms with Gasteiger partial charge in [-0.25, -0.2) is 9.18 Å². The van der Waals surface area contributed by atoms with Gasteiger partial charge in [-0.1, -0.05) is 0 Å². The van der Waals surface area contributed by atoms with Gasteiger partial charge in [0.25, 0.3) is 0 Å². The van der Waals surface area contributed by atoms with Crippen LogP contribution in [0, 0.1) is 19.7 Å². The molecule has 0 aliphatic heterocycles. The number of carbonyl (C=O) groups is 1. The fourth-order valence-corrected chi connectivity index (χ4v) is 2.10. The normalized spacial score (nSPS) is 11.9. The molecule has 6 heteroatoms. The largest absolute Gasteiger partial charge is 0.496 e. The van der Waals surface area contributed by atoms with Crippen molar-refractivity contribution in [2.24, 2.45) is 0 Å². The number of aliphatic hydroxyl groups is 1. The topological polar surface area (TPSA) is 65.0 Å². The minimum atomic E-state index is -1.56. The SMILES string of the molecule is CCOC(=O)C(O)c1c(C)c(OC)c(F)c(C)c1OC. The molecule has 0 amide bonds. The lowest BCUT2D eigenvalue weighted by atomic mass is 9.97. The number of rotatable bonds is 5. The minimum absolute atomic E-state index is 0.0263. The van der Waals surface area contributed by atoms with Crippen molar-refractivity contribution in [2.75, 3.05) is 20.8 Å². The molecule has 0 heterocycles. The van der Waals surface area contributed by atoms with E-state index in [2.05, 4.69) is 0 Å². The molecule has 0 radical (unpaired) electrons. The summed E-state index contributed by atoms with van der Waals surface area (Å²) in [4.78, 5) is 11.7. The van der Waals surface area contributed by atoms with Crippen LogP contribution in [-0.2, 0) is 9.53 Å². The predicted molar refractivity (Wildman–Crippen MR) is 70.6 cm³/mol. The van der Waals surface area contributed by atoms with Crippen LogP contribution in [0.5, 0.6) is 11.5 Å². The highest BCUT2D eigenvalue weighted by molar-refractivity contribution is 5.79. The number of methoxy groups -OCH3 is 2. The van der Waals surface area contributed by atoms with Crippen LogP contribution < -0.4 is 9.47 Å². The van der Waals surface area contributed by atoms with Gasteiger partial charge >= 0.3 is 5.97 Å². The van der Waals surface area contributed by atoms with Gasteiger partial charge in [0.05, 0.1) is 20.8 Å². The molecule has 0 spiro atoms. The van der Waals surface area contributed by atoms with Gasteiger partial charge in [-0.05, 0) is 20.8 Å². The van der Waals surface area contributed by atoms with Gasteiger partial charge in [0.1, 0.15) is 5.75 Å². The first kappa shape index (κ1) is 16.2. The summed E-state index contributed by atoms with van der Waals surface area (Å²) >= 11 is 0. The number of carbonyl (C=O) groups excluding carboxylic acids is 1. The van der Waals surface area contributed by atoms with Crippen molar-refractivity contribution in [3.05, 3.63) is 22.5 Å². The summed E-state index contributed by atoms with van der Waals surface area (Å²) in [6.07, 6.45) is -1.56. The Morgan fingerprint density at radius 3 is 2.20 bits per heavy atom. The Morgan fingerprint density at radius 1 is 1.20 bits per heavy atom. The number of ether oxygens (including phenoxy) is 3. The van der Waals surface area contributed by atoms with Crippen LogP contribution in [0.3, 0.4) is 0 Å². The molecule has 5 nitrogen and oxygen atoms in total. The Labute approximate surface area is 117 Å². The van der Waals surface area contributed by atoms with Gasteiger partial charge in [-0.15, -0.1) is 0 Å². The van der Waals surface area contributed by atoms with Gasteiger partial charge in [0, 0.05) is 16.7 Å². The molecular weight excluding hydrogens is 267 g/mol. The van der Waals surface area contributed by atoms with Gasteiger partial charge in [-0.2, -0.15) is 0 Å². The van der Waals surface area contributed by atoms with Gasteiger partial charge in [-0.3, -0.25) is 0 Å². The molecular formula is C14H19FO5. The number of hydrogen-bond acceptors (Lipinski definition) is 5. The summed E-state index contributed by atoms with van der Waals surface area (Å²) in [5.74, 6) is -1.31. The van der Waals surface area contributed by atoms with E-state index < -0.39 is 17.9 Å². The first-order valence-corrected chi connectivity index (χ1v) is 6.15. The lowest BCUT2D eigenvalue weighted by Gasteiger charge is -2.21. The number of halogens is 1. The predicted octanol–water partition coefficient (Wildman–Crippen LogP) is 2.06. The standard InChI is InChI=1S/C14H19FO5/c1-6-20-14(17)11(16)9-7(2)13(19-5)10(15)8(3)12(9)18-4/h11,16H,6H2,1-5H3. The molecule has 1 unspecified atom stereocenters. The number of aliphatic hydroxyl groups excluding tert-OH is 1. The third-order valence-corrected chi connectivity index (χ3v) is 3.05. The van der Waals surface area contributed by atoms with Crippen molar-refractivity contribution in [3.8, 4) is 11.5 Å². The molecule has 112 valence electrons. The van der Waals surface area contributed by atoms with Crippen molar-refractivity contribution < 1.29 is 28.5 Å². The molecule has 0 aliphatic carbocycles. The average Bonchev–Trinajstić information content (AvgIpc) is 2.42. The van der Waals surface area contributed by atoms with Crippen LogP contribution >= 0.6 is 0 Å². The van der Waals surface area contributed by atoms with Crippen LogP contribution in [0.15, 0.2) is 0 Å². The maximum atomic E-state index is 14.1. The zero-order valence-corrected chi connectivity index (χ0v) is 12.2. The highest BCUT2D eigenvalue weighted by Crippen LogP contribution is 2.40. The fourth-order valence-electron chi connectivity index (χ4n) is 2.10. The van der Waals surface area contributed by atoms with Crippen LogP contribution in [0.4, 0.5) is 4.39 Å². The second-order valence-electron chi connectivity index (χ2n) is 4.20. The maximum absolute atomic E-state index is 14.1. The zero-order chi connectivity index (χ0) is 15.4. The maximum Gasteiger partial charge on any atom is 0.339 e. The second-order valence-corrected chi connectivity index (χ2v) is 4.20. The van der Waals surface area contributed by atoms with Crippen LogP contribution in [0.25, 0.3) is 0 Å². The van der Waals surface area contributed by atoms with Crippen molar-refractivity contribution in [1.29, 1.82) is 0 Å². The number of benzene rings is 1. The molecule has 0 saturated carbocycles. The van der Waals surface area contributed by atoms with E-state index in [1.54, 1.807) is 13.8 Å². The van der Waals surface area contributed by atoms with E-state index in [4.69, 9.17) is 14.2 Å². The summed E-state index contributed by atoms with van der Waals surface area (Å²) in [5.41, 5.74) is 0.614. The number of esters is 1. The third-order valence-electron chi connectivity index (χ3n) is 3.05. The quantitative estimate of drug-likeness (QED) is 0.839. The molecule has 1 aromatic carbocycles. The lowest BCUT2D eigenvalue weighted by molar-refractivity contribution is -0.153. The van der Waals surface area contributed by atoms with Crippen molar-refractivity contribution in [2.45, 2.75) is 26.9 Å². The van der Waals surface area contributed by atoms with Crippen LogP contribution in [0.2, 0.25) is 0 Å². The van der Waals surface area contributed by atoms with E-state index in [-0.39, 0.29) is 29.2 Å². The smallest absolute Gasteiger partial charge is 0.339 e. The first-order valence-electron chi connectivity index (χ1n) is 6.15. The van der Waals surface area contributed by atoms with Gasteiger partial charge < -0.3 is 19.3 Å². The summed E-state index contributed by atoms with van der Waals surface area (Å²) in [7, 11) is 2.66. The molecule has 1 atom stereocenters. The highest BCUT2D eigenvalue weighted by Gasteiger charge is 2.30. The van der Waals surface area contributed by atoms with Gasteiger partial charge in [0.2, 0.25) is 0 Å². The van der Waals surface area contributed by atoms with E-state index in [1.807, 2.05) is 0 Å². The van der Waals surface area contributed by atoms with Gasteiger partial charge in [0.15, 0.2) is 17.7 Å². The number of hydrogen-bond donors (Lipinski definition) is 1. The summed E-state index contributed by atoms with van der Waals surface area (Å²) in [5, 5.41) is 10.1. The Balaban J connectivity index is 3.51. The van der Waals surface area contributed by atoms with Crippen molar-refractivity contribution in [3.63, 3.8) is 0 Å². The van der Waals surface area contributed by atoms with E-state index in [9.17, 15) is 14.3 Å². The van der Waals surface area contributed by atoms with E-state index in [1.165, 1.54) is 21.1 Å². The Kier molecular flexibility index (Phi) is 5.33. The van der Waals surface area contributed by atoms with Crippen LogP contribution in [-0.4, -0.2) is 31.9 Å². The molecule has 1 aromatic rings. The molecule has 0 fully saturated rings. The molecule has 20 heavy (non-hydrogen) atoms. The van der Waals surface area contributed by atoms with Crippen molar-refractivity contribution in [1.82, 2.24) is 0 Å². The second kappa shape index (κ2) is 6.56. The minimum Gasteiger partial charge on any atom is -0.496 e. The summed E-state index contributed by atoms with van der Waals surface area (Å²) in [6.45, 7) is 4.79. The van der Waals surface area contributed by atoms with E-state index >= 15 is 0 Å². The Morgan fingerprint density at radius 2 is 1.75 bits per heavy atom. The van der Waals surface area contributed by atoms with E-state index in [0.29, 0.717) is 5.56 Å². The Bertz CT molecular complexity index is 513. The molecule has 1 N–H and O–H groups in total. The Hall–Kier alpha value is -1.82. The average molecular weight is 286 g/mol. The molecule has 0 aromatic heterocycles. The van der Waals surface area contributed by atoms with Crippen LogP contribution in [0.1, 0.15) is 29.7 Å². The first-order chi connectivity index (χ1) is 9.40. The lowest BCUT2D eigenvalue weighted by Crippen LogP contribution is -2.18. The summed E-state index contributed by atoms with van der Waals surface area (Å²) < 4.78 is 29.0.